The second kappa shape index (κ2) is 14.8. The van der Waals surface area contributed by atoms with Crippen molar-refractivity contribution in [1.29, 1.82) is 0 Å². The number of aromatic nitrogens is 1. The predicted molar refractivity (Wildman–Crippen MR) is 289 cm³/mol. The number of nitrogens with zero attached hydrogens (tertiary/aromatic N) is 2. The zero-order chi connectivity index (χ0) is 46.0. The molecular weight excluding hydrogens is 845 g/mol. The summed E-state index contributed by atoms with van der Waals surface area (Å²) in [5.74, 6) is 0. The van der Waals surface area contributed by atoms with Gasteiger partial charge in [0.25, 0.3) is 0 Å². The molecule has 70 heavy (non-hydrogen) atoms. The fourth-order valence-corrected chi connectivity index (χ4v) is 13.3. The van der Waals surface area contributed by atoms with E-state index in [1.54, 1.807) is 0 Å². The van der Waals surface area contributed by atoms with Crippen LogP contribution < -0.4 is 4.90 Å². The van der Waals surface area contributed by atoms with Crippen LogP contribution in [0, 0.1) is 0 Å². The largest absolute Gasteiger partial charge is 0.310 e. The first-order chi connectivity index (χ1) is 34.8. The molecule has 0 bridgehead atoms. The van der Waals surface area contributed by atoms with Gasteiger partial charge in [-0.1, -0.05) is 212 Å². The highest BCUT2D eigenvalue weighted by Gasteiger charge is 2.60. The Morgan fingerprint density at radius 2 is 0.757 bits per heavy atom. The Labute approximate surface area is 407 Å². The minimum absolute atomic E-state index is 0.596. The number of hydrogen-bond donors (Lipinski definition) is 0. The van der Waals surface area contributed by atoms with Crippen molar-refractivity contribution < 1.29 is 0 Å². The van der Waals surface area contributed by atoms with Gasteiger partial charge in [-0.15, -0.1) is 0 Å². The van der Waals surface area contributed by atoms with Crippen LogP contribution in [0.4, 0.5) is 17.1 Å². The fraction of sp³-hybridized carbons (Fsp3) is 0.0294. The molecule has 0 atom stereocenters. The zero-order valence-electron chi connectivity index (χ0n) is 38.3. The minimum atomic E-state index is -0.662. The summed E-state index contributed by atoms with van der Waals surface area (Å²) in [6.07, 6.45) is 0. The van der Waals surface area contributed by atoms with E-state index in [2.05, 4.69) is 276 Å². The number of hydrogen-bond acceptors (Lipinski definition) is 1. The van der Waals surface area contributed by atoms with Gasteiger partial charge in [0, 0.05) is 33.4 Å². The van der Waals surface area contributed by atoms with Crippen molar-refractivity contribution >= 4 is 38.9 Å². The Bertz CT molecular complexity index is 3990. The first-order valence-corrected chi connectivity index (χ1v) is 24.4. The van der Waals surface area contributed by atoms with Crippen LogP contribution in [0.2, 0.25) is 0 Å². The zero-order valence-corrected chi connectivity index (χ0v) is 38.3. The summed E-state index contributed by atoms with van der Waals surface area (Å²) >= 11 is 0. The quantitative estimate of drug-likeness (QED) is 0.167. The van der Waals surface area contributed by atoms with E-state index in [0.717, 1.165) is 22.7 Å². The molecule has 2 nitrogen and oxygen atoms in total. The first-order valence-electron chi connectivity index (χ1n) is 24.4. The van der Waals surface area contributed by atoms with Gasteiger partial charge >= 0.3 is 0 Å². The molecule has 0 fully saturated rings. The topological polar surface area (TPSA) is 8.17 Å². The van der Waals surface area contributed by atoms with Crippen molar-refractivity contribution in [3.05, 3.63) is 311 Å². The van der Waals surface area contributed by atoms with Gasteiger partial charge in [0.1, 0.15) is 0 Å². The van der Waals surface area contributed by atoms with E-state index in [-0.39, 0.29) is 0 Å². The second-order valence-corrected chi connectivity index (χ2v) is 19.1. The summed E-state index contributed by atoms with van der Waals surface area (Å²) in [5, 5.41) is 2.42. The molecule has 15 rings (SSSR count). The third-order valence-electron chi connectivity index (χ3n) is 15.8. The summed E-state index contributed by atoms with van der Waals surface area (Å²) < 4.78 is 2.44. The van der Waals surface area contributed by atoms with Gasteiger partial charge in [0.2, 0.25) is 0 Å². The van der Waals surface area contributed by atoms with Crippen LogP contribution in [0.25, 0.3) is 60.9 Å². The van der Waals surface area contributed by atoms with Crippen LogP contribution in [0.1, 0.15) is 44.5 Å². The van der Waals surface area contributed by atoms with E-state index in [9.17, 15) is 0 Å². The number of fused-ring (bicyclic) bond motifs is 19. The highest BCUT2D eigenvalue weighted by Crippen LogP contribution is 2.69. The maximum absolute atomic E-state index is 2.56. The lowest BCUT2D eigenvalue weighted by Crippen LogP contribution is -2.44. The molecule has 0 aliphatic heterocycles. The molecule has 2 spiro atoms. The average molecular weight is 889 g/mol. The van der Waals surface area contributed by atoms with Crippen LogP contribution in [-0.4, -0.2) is 4.57 Å². The van der Waals surface area contributed by atoms with Crippen LogP contribution in [0.3, 0.4) is 0 Å². The van der Waals surface area contributed by atoms with Crippen molar-refractivity contribution in [1.82, 2.24) is 4.57 Å². The van der Waals surface area contributed by atoms with Gasteiger partial charge in [-0.3, -0.25) is 0 Å². The number of rotatable bonds is 5. The van der Waals surface area contributed by atoms with Crippen molar-refractivity contribution in [3.8, 4) is 39.1 Å². The van der Waals surface area contributed by atoms with Gasteiger partial charge in [-0.2, -0.15) is 0 Å². The molecule has 0 saturated carbocycles. The fourth-order valence-electron chi connectivity index (χ4n) is 13.3. The first kappa shape index (κ1) is 39.1. The van der Waals surface area contributed by atoms with E-state index in [1.165, 1.54) is 99.7 Å². The molecule has 11 aromatic carbocycles. The van der Waals surface area contributed by atoms with Crippen molar-refractivity contribution in [3.63, 3.8) is 0 Å². The van der Waals surface area contributed by atoms with Crippen LogP contribution >= 0.6 is 0 Å². The van der Waals surface area contributed by atoms with Gasteiger partial charge in [0.15, 0.2) is 0 Å². The smallest absolute Gasteiger partial charge is 0.0740 e. The Kier molecular flexibility index (Phi) is 8.24. The van der Waals surface area contributed by atoms with Crippen LogP contribution in [-0.2, 0) is 10.8 Å². The molecule has 1 heterocycles. The van der Waals surface area contributed by atoms with Crippen molar-refractivity contribution in [2.75, 3.05) is 4.90 Å². The highest BCUT2D eigenvalue weighted by atomic mass is 15.1. The van der Waals surface area contributed by atoms with Gasteiger partial charge < -0.3 is 9.47 Å². The minimum Gasteiger partial charge on any atom is -0.310 e. The van der Waals surface area contributed by atoms with E-state index in [4.69, 9.17) is 0 Å². The number of anilines is 3. The molecule has 1 aromatic heterocycles. The van der Waals surface area contributed by atoms with E-state index in [1.807, 2.05) is 0 Å². The summed E-state index contributed by atoms with van der Waals surface area (Å²) in [6.45, 7) is 0. The normalized spacial score (nSPS) is 13.9. The molecular formula is C68H44N2. The molecule has 0 radical (unpaired) electrons. The molecule has 3 aliphatic rings. The summed E-state index contributed by atoms with van der Waals surface area (Å²) in [7, 11) is 0. The molecule has 0 amide bonds. The molecule has 2 heteroatoms. The summed E-state index contributed by atoms with van der Waals surface area (Å²) in [6, 6.07) is 100. The Balaban J connectivity index is 1.06. The van der Waals surface area contributed by atoms with Gasteiger partial charge in [-0.25, -0.2) is 0 Å². The lowest BCUT2D eigenvalue weighted by Gasteiger charge is -2.50. The van der Waals surface area contributed by atoms with Gasteiger partial charge in [0.05, 0.1) is 27.6 Å². The van der Waals surface area contributed by atoms with Crippen molar-refractivity contribution in [2.45, 2.75) is 10.8 Å². The third-order valence-corrected chi connectivity index (χ3v) is 15.8. The van der Waals surface area contributed by atoms with Crippen LogP contribution in [0.15, 0.2) is 267 Å². The molecule has 326 valence electrons. The van der Waals surface area contributed by atoms with Crippen LogP contribution in [0.5, 0.6) is 0 Å². The standard InChI is InChI=1S/C68H44N2/c1-3-21-45(22-4-1)46-23-19-26-48(43-46)70-63-39-18-11-31-54(63)55-44-49(41-42-64(55)70)69(47-24-5-2-6-25-47)65-40-20-38-62-66(65)68(58-34-14-9-29-52(58)53-30-10-15-35-59(53)68)61-37-17-16-36-60(61)67(62)56-32-12-7-27-50(56)51-28-8-13-33-57(51)67/h1-44H. The maximum atomic E-state index is 2.56. The molecule has 12 aromatic rings. The lowest BCUT2D eigenvalue weighted by atomic mass is 9.52. The average Bonchev–Trinajstić information content (AvgIpc) is 4.04. The van der Waals surface area contributed by atoms with E-state index in [0.29, 0.717) is 0 Å². The van der Waals surface area contributed by atoms with Crippen molar-refractivity contribution in [2.24, 2.45) is 0 Å². The Hall–Kier alpha value is -8.98. The predicted octanol–water partition coefficient (Wildman–Crippen LogP) is 17.0. The highest BCUT2D eigenvalue weighted by molar-refractivity contribution is 6.11. The van der Waals surface area contributed by atoms with E-state index < -0.39 is 10.8 Å². The summed E-state index contributed by atoms with van der Waals surface area (Å²) in [5.41, 5.74) is 23.7. The van der Waals surface area contributed by atoms with E-state index >= 15 is 0 Å². The lowest BCUT2D eigenvalue weighted by molar-refractivity contribution is 0.633. The molecule has 0 saturated heterocycles. The number of para-hydroxylation sites is 2. The second-order valence-electron chi connectivity index (χ2n) is 19.1. The van der Waals surface area contributed by atoms with Gasteiger partial charge in [-0.05, 0) is 127 Å². The molecule has 0 N–H and O–H groups in total. The molecule has 3 aliphatic carbocycles. The Morgan fingerprint density at radius 3 is 1.40 bits per heavy atom. The summed E-state index contributed by atoms with van der Waals surface area (Å²) in [4.78, 5) is 2.56. The SMILES string of the molecule is c1ccc(-c2cccc(-n3c4ccccc4c4cc(N(c5ccccc5)c5cccc6c5C5(c7ccccc7-c7ccccc75)c5ccccc5C65c6ccccc6-c6ccccc65)ccc43)c2)cc1. The Morgan fingerprint density at radius 1 is 0.286 bits per heavy atom. The molecule has 0 unspecified atom stereocenters. The maximum Gasteiger partial charge on any atom is 0.0740 e. The monoisotopic (exact) mass is 888 g/mol. The number of benzene rings is 11. The third kappa shape index (κ3) is 5.07.